The molecule has 7 heteroatoms. The van der Waals surface area contributed by atoms with Crippen molar-refractivity contribution in [3.8, 4) is 11.5 Å². The van der Waals surface area contributed by atoms with E-state index in [0.717, 1.165) is 31.1 Å². The van der Waals surface area contributed by atoms with Gasteiger partial charge in [0.25, 0.3) is 5.91 Å². The highest BCUT2D eigenvalue weighted by Gasteiger charge is 2.26. The molecule has 1 aromatic carbocycles. The Morgan fingerprint density at radius 2 is 1.74 bits per heavy atom. The molecule has 0 spiro atoms. The fourth-order valence-corrected chi connectivity index (χ4v) is 4.71. The van der Waals surface area contributed by atoms with Gasteiger partial charge < -0.3 is 29.3 Å². The maximum Gasteiger partial charge on any atom is 0.279 e. The zero-order chi connectivity index (χ0) is 22.1. The van der Waals surface area contributed by atoms with Gasteiger partial charge in [-0.3, -0.25) is 4.79 Å². The molecule has 1 unspecified atom stereocenters. The van der Waals surface area contributed by atoms with Gasteiger partial charge in [-0.05, 0) is 46.5 Å². The number of hydrogen-bond acceptors (Lipinski definition) is 5. The minimum absolute atomic E-state index is 0.0324. The summed E-state index contributed by atoms with van der Waals surface area (Å²) in [5.41, 5.74) is 1.68. The van der Waals surface area contributed by atoms with Gasteiger partial charge in [0.05, 0.1) is 50.4 Å². The molecule has 1 atom stereocenters. The summed E-state index contributed by atoms with van der Waals surface area (Å²) < 4.78 is 17.4. The first-order valence-electron chi connectivity index (χ1n) is 12.1. The Morgan fingerprint density at radius 1 is 1.06 bits per heavy atom. The standard InChI is InChI=1S/C24H39N3O4/c1-4-26(19-10-8-7-9-11-19)18-24(28)25-20-16-23(31-6-3)21(17-22(20)30-5-2)27-12-14-29-15-13-27/h16-17,19H,4-15,18H2,1-3H3,(H,25,28)/p+1. The van der Waals surface area contributed by atoms with Crippen LogP contribution < -0.4 is 24.6 Å². The van der Waals surface area contributed by atoms with Crippen LogP contribution in [0, 0.1) is 0 Å². The summed E-state index contributed by atoms with van der Waals surface area (Å²) in [6.07, 6.45) is 6.34. The first kappa shape index (κ1) is 23.7. The minimum Gasteiger partial charge on any atom is -0.492 e. The number of morpholine rings is 1. The highest BCUT2D eigenvalue weighted by molar-refractivity contribution is 5.94. The molecular weight excluding hydrogens is 394 g/mol. The van der Waals surface area contributed by atoms with E-state index in [-0.39, 0.29) is 5.91 Å². The summed E-state index contributed by atoms with van der Waals surface area (Å²) in [6.45, 7) is 11.7. The second kappa shape index (κ2) is 12.2. The third-order valence-electron chi connectivity index (χ3n) is 6.31. The fraction of sp³-hybridized carbons (Fsp3) is 0.708. The largest absolute Gasteiger partial charge is 0.492 e. The molecule has 3 rings (SSSR count). The molecule has 1 amide bonds. The molecule has 7 nitrogen and oxygen atoms in total. The number of carbonyl (C=O) groups is 1. The molecule has 1 saturated carbocycles. The van der Waals surface area contributed by atoms with Crippen LogP contribution in [0.15, 0.2) is 12.1 Å². The molecule has 1 aliphatic carbocycles. The van der Waals surface area contributed by atoms with E-state index < -0.39 is 0 Å². The molecule has 1 saturated heterocycles. The van der Waals surface area contributed by atoms with E-state index in [2.05, 4.69) is 17.1 Å². The summed E-state index contributed by atoms with van der Waals surface area (Å²) >= 11 is 0. The number of quaternary nitrogens is 1. The first-order chi connectivity index (χ1) is 15.2. The molecule has 31 heavy (non-hydrogen) atoms. The Labute approximate surface area is 187 Å². The van der Waals surface area contributed by atoms with E-state index in [0.29, 0.717) is 50.5 Å². The highest BCUT2D eigenvalue weighted by Crippen LogP contribution is 2.39. The molecule has 0 aromatic heterocycles. The van der Waals surface area contributed by atoms with Crippen LogP contribution in [0.25, 0.3) is 0 Å². The summed E-state index contributed by atoms with van der Waals surface area (Å²) in [5.74, 6) is 1.50. The average Bonchev–Trinajstić information content (AvgIpc) is 2.80. The van der Waals surface area contributed by atoms with E-state index in [4.69, 9.17) is 14.2 Å². The predicted octanol–water partition coefficient (Wildman–Crippen LogP) is 2.50. The predicted molar refractivity (Wildman–Crippen MR) is 124 cm³/mol. The molecule has 1 heterocycles. The SMILES string of the molecule is CCOc1cc(N2CCOCC2)c(OCC)cc1NC(=O)C[NH+](CC)C1CCCCC1. The first-order valence-corrected chi connectivity index (χ1v) is 12.1. The fourth-order valence-electron chi connectivity index (χ4n) is 4.71. The number of anilines is 2. The maximum atomic E-state index is 13.0. The third-order valence-corrected chi connectivity index (χ3v) is 6.31. The summed E-state index contributed by atoms with van der Waals surface area (Å²) in [7, 11) is 0. The zero-order valence-electron chi connectivity index (χ0n) is 19.5. The molecule has 2 fully saturated rings. The average molecular weight is 435 g/mol. The lowest BCUT2D eigenvalue weighted by Gasteiger charge is -2.31. The van der Waals surface area contributed by atoms with Gasteiger partial charge in [-0.2, -0.15) is 0 Å². The van der Waals surface area contributed by atoms with Crippen LogP contribution in [-0.2, 0) is 9.53 Å². The van der Waals surface area contributed by atoms with Crippen molar-refractivity contribution < 1.29 is 23.9 Å². The molecule has 2 N–H and O–H groups in total. The van der Waals surface area contributed by atoms with Crippen LogP contribution in [0.2, 0.25) is 0 Å². The van der Waals surface area contributed by atoms with Crippen LogP contribution in [0.1, 0.15) is 52.9 Å². The van der Waals surface area contributed by atoms with Crippen LogP contribution in [-0.4, -0.2) is 64.6 Å². The molecule has 174 valence electrons. The lowest BCUT2D eigenvalue weighted by molar-refractivity contribution is -0.917. The molecule has 0 bridgehead atoms. The van der Waals surface area contributed by atoms with Crippen LogP contribution >= 0.6 is 0 Å². The van der Waals surface area contributed by atoms with Crippen molar-refractivity contribution in [1.82, 2.24) is 0 Å². The molecular formula is C24H40N3O4+. The Bertz CT molecular complexity index is 700. The Kier molecular flexibility index (Phi) is 9.28. The molecule has 2 aliphatic rings. The van der Waals surface area contributed by atoms with Crippen molar-refractivity contribution in [1.29, 1.82) is 0 Å². The quantitative estimate of drug-likeness (QED) is 0.592. The van der Waals surface area contributed by atoms with Crippen molar-refractivity contribution in [2.75, 3.05) is 62.8 Å². The number of amides is 1. The zero-order valence-corrected chi connectivity index (χ0v) is 19.5. The van der Waals surface area contributed by atoms with Gasteiger partial charge >= 0.3 is 0 Å². The van der Waals surface area contributed by atoms with Gasteiger partial charge in [-0.25, -0.2) is 0 Å². The van der Waals surface area contributed by atoms with E-state index in [9.17, 15) is 4.79 Å². The second-order valence-electron chi connectivity index (χ2n) is 8.35. The Hall–Kier alpha value is -1.99. The number of carbonyl (C=O) groups excluding carboxylic acids is 1. The van der Waals surface area contributed by atoms with Gasteiger partial charge in [0.1, 0.15) is 11.5 Å². The lowest BCUT2D eigenvalue weighted by Crippen LogP contribution is -3.16. The van der Waals surface area contributed by atoms with E-state index in [1.54, 1.807) is 0 Å². The van der Waals surface area contributed by atoms with E-state index in [1.807, 2.05) is 26.0 Å². The van der Waals surface area contributed by atoms with Crippen molar-refractivity contribution in [2.45, 2.75) is 58.9 Å². The van der Waals surface area contributed by atoms with Crippen LogP contribution in [0.5, 0.6) is 11.5 Å². The minimum atomic E-state index is 0.0324. The number of benzene rings is 1. The Balaban J connectivity index is 1.77. The van der Waals surface area contributed by atoms with Crippen molar-refractivity contribution >= 4 is 17.3 Å². The van der Waals surface area contributed by atoms with Crippen molar-refractivity contribution in [3.05, 3.63) is 12.1 Å². The third kappa shape index (κ3) is 6.50. The Morgan fingerprint density at radius 3 is 2.39 bits per heavy atom. The van der Waals surface area contributed by atoms with Gasteiger partial charge in [-0.1, -0.05) is 6.42 Å². The van der Waals surface area contributed by atoms with Gasteiger partial charge in [-0.15, -0.1) is 0 Å². The number of likely N-dealkylation sites (N-methyl/N-ethyl adjacent to an activating group) is 1. The maximum absolute atomic E-state index is 13.0. The number of ether oxygens (including phenoxy) is 3. The highest BCUT2D eigenvalue weighted by atomic mass is 16.5. The summed E-state index contributed by atoms with van der Waals surface area (Å²) in [4.78, 5) is 16.6. The molecule has 1 aliphatic heterocycles. The number of nitrogens with one attached hydrogen (secondary N) is 2. The van der Waals surface area contributed by atoms with Gasteiger partial charge in [0.2, 0.25) is 0 Å². The van der Waals surface area contributed by atoms with Gasteiger partial charge in [0, 0.05) is 25.2 Å². The molecule has 0 radical (unpaired) electrons. The second-order valence-corrected chi connectivity index (χ2v) is 8.35. The number of hydrogen-bond donors (Lipinski definition) is 2. The smallest absolute Gasteiger partial charge is 0.279 e. The lowest BCUT2D eigenvalue weighted by atomic mass is 9.94. The monoisotopic (exact) mass is 434 g/mol. The number of rotatable bonds is 10. The van der Waals surface area contributed by atoms with Crippen LogP contribution in [0.3, 0.4) is 0 Å². The topological polar surface area (TPSA) is 64.5 Å². The van der Waals surface area contributed by atoms with Gasteiger partial charge in [0.15, 0.2) is 6.54 Å². The number of nitrogens with zero attached hydrogens (tertiary/aromatic N) is 1. The summed E-state index contributed by atoms with van der Waals surface area (Å²) in [6, 6.07) is 4.52. The van der Waals surface area contributed by atoms with E-state index in [1.165, 1.54) is 37.0 Å². The van der Waals surface area contributed by atoms with Crippen molar-refractivity contribution in [2.24, 2.45) is 0 Å². The van der Waals surface area contributed by atoms with Crippen molar-refractivity contribution in [3.63, 3.8) is 0 Å². The van der Waals surface area contributed by atoms with Crippen LogP contribution in [0.4, 0.5) is 11.4 Å². The van der Waals surface area contributed by atoms with E-state index >= 15 is 0 Å². The molecule has 1 aromatic rings. The summed E-state index contributed by atoms with van der Waals surface area (Å²) in [5, 5.41) is 3.12. The normalized spacial score (nSPS) is 18.5.